The Bertz CT molecular complexity index is 501. The van der Waals surface area contributed by atoms with Crippen LogP contribution in [0.5, 0.6) is 0 Å². The molecule has 7 heteroatoms. The van der Waals surface area contributed by atoms with E-state index in [0.29, 0.717) is 0 Å². The Morgan fingerprint density at radius 3 is 2.48 bits per heavy atom. The van der Waals surface area contributed by atoms with E-state index in [9.17, 15) is 18.0 Å². The summed E-state index contributed by atoms with van der Waals surface area (Å²) in [5.74, 6) is -0.499. The molecular formula is C14H19F3N2O2. The van der Waals surface area contributed by atoms with Crippen LogP contribution in [-0.4, -0.2) is 25.7 Å². The average molecular weight is 304 g/mol. The summed E-state index contributed by atoms with van der Waals surface area (Å²) in [5.41, 5.74) is 3.80. The number of alkyl halides is 3. The summed E-state index contributed by atoms with van der Waals surface area (Å²) in [4.78, 5) is 12.1. The van der Waals surface area contributed by atoms with Crippen LogP contribution in [0, 0.1) is 5.92 Å². The predicted octanol–water partition coefficient (Wildman–Crippen LogP) is 2.69. The van der Waals surface area contributed by atoms with Crippen molar-refractivity contribution in [3.8, 4) is 0 Å². The Morgan fingerprint density at radius 1 is 1.38 bits per heavy atom. The Kier molecular flexibility index (Phi) is 5.60. The molecule has 0 aliphatic carbocycles. The fourth-order valence-corrected chi connectivity index (χ4v) is 1.78. The maximum atomic E-state index is 12.8. The van der Waals surface area contributed by atoms with Gasteiger partial charge in [0.2, 0.25) is 0 Å². The topological polar surface area (TPSA) is 64.3 Å². The lowest BCUT2D eigenvalue weighted by molar-refractivity contribution is -0.136. The van der Waals surface area contributed by atoms with Crippen LogP contribution < -0.4 is 11.1 Å². The zero-order valence-corrected chi connectivity index (χ0v) is 12.1. The van der Waals surface area contributed by atoms with Gasteiger partial charge in [-0.2, -0.15) is 13.2 Å². The summed E-state index contributed by atoms with van der Waals surface area (Å²) in [6.07, 6.45) is -4.59. The third-order valence-electron chi connectivity index (χ3n) is 3.09. The zero-order chi connectivity index (χ0) is 16.2. The molecule has 0 aromatic heterocycles. The second kappa shape index (κ2) is 6.80. The SMILES string of the molecule is COCC(NC(=O)c1ccc(N)c(C(F)(F)F)c1)C(C)C. The van der Waals surface area contributed by atoms with Crippen LogP contribution in [0.25, 0.3) is 0 Å². The molecule has 0 radical (unpaired) electrons. The number of nitrogens with one attached hydrogen (secondary N) is 1. The lowest BCUT2D eigenvalue weighted by Crippen LogP contribution is -2.41. The number of hydrogen-bond acceptors (Lipinski definition) is 3. The molecule has 1 unspecified atom stereocenters. The predicted molar refractivity (Wildman–Crippen MR) is 73.8 cm³/mol. The fourth-order valence-electron chi connectivity index (χ4n) is 1.78. The summed E-state index contributed by atoms with van der Waals surface area (Å²) < 4.78 is 43.3. The van der Waals surface area contributed by atoms with Gasteiger partial charge >= 0.3 is 6.18 Å². The van der Waals surface area contributed by atoms with Crippen LogP contribution in [-0.2, 0) is 10.9 Å². The second-order valence-corrected chi connectivity index (χ2v) is 5.08. The molecule has 0 aliphatic rings. The number of amides is 1. The maximum Gasteiger partial charge on any atom is 0.418 e. The van der Waals surface area contributed by atoms with Crippen molar-refractivity contribution in [2.75, 3.05) is 19.5 Å². The molecule has 1 amide bonds. The van der Waals surface area contributed by atoms with Crippen molar-refractivity contribution >= 4 is 11.6 Å². The molecule has 0 heterocycles. The van der Waals surface area contributed by atoms with Gasteiger partial charge in [-0.15, -0.1) is 0 Å². The lowest BCUT2D eigenvalue weighted by atomic mass is 10.0. The first-order valence-corrected chi connectivity index (χ1v) is 6.43. The van der Waals surface area contributed by atoms with E-state index in [-0.39, 0.29) is 24.1 Å². The van der Waals surface area contributed by atoms with Crippen LogP contribution >= 0.6 is 0 Å². The van der Waals surface area contributed by atoms with Crippen molar-refractivity contribution in [3.05, 3.63) is 29.3 Å². The van der Waals surface area contributed by atoms with E-state index >= 15 is 0 Å². The van der Waals surface area contributed by atoms with Crippen LogP contribution in [0.15, 0.2) is 18.2 Å². The fraction of sp³-hybridized carbons (Fsp3) is 0.500. The minimum absolute atomic E-state index is 0.0849. The first-order valence-electron chi connectivity index (χ1n) is 6.43. The number of rotatable bonds is 5. The highest BCUT2D eigenvalue weighted by molar-refractivity contribution is 5.95. The quantitative estimate of drug-likeness (QED) is 0.822. The number of nitrogens with two attached hydrogens (primary N) is 1. The summed E-state index contributed by atoms with van der Waals surface area (Å²) in [6, 6.07) is 2.83. The summed E-state index contributed by atoms with van der Waals surface area (Å²) in [5, 5.41) is 2.66. The molecule has 3 N–H and O–H groups in total. The van der Waals surface area contributed by atoms with Gasteiger partial charge in [-0.1, -0.05) is 13.8 Å². The average Bonchev–Trinajstić information content (AvgIpc) is 2.37. The number of ether oxygens (including phenoxy) is 1. The van der Waals surface area contributed by atoms with Gasteiger partial charge in [-0.05, 0) is 24.1 Å². The highest BCUT2D eigenvalue weighted by atomic mass is 19.4. The molecule has 0 aliphatic heterocycles. The third-order valence-corrected chi connectivity index (χ3v) is 3.09. The number of carbonyl (C=O) groups excluding carboxylic acids is 1. The van der Waals surface area contributed by atoms with E-state index in [0.717, 1.165) is 12.1 Å². The van der Waals surface area contributed by atoms with Gasteiger partial charge in [-0.25, -0.2) is 0 Å². The summed E-state index contributed by atoms with van der Waals surface area (Å²) >= 11 is 0. The number of hydrogen-bond donors (Lipinski definition) is 2. The molecule has 118 valence electrons. The number of methoxy groups -OCH3 is 1. The van der Waals surface area contributed by atoms with Gasteiger partial charge in [0, 0.05) is 18.4 Å². The Morgan fingerprint density at radius 2 is 2.00 bits per heavy atom. The molecule has 21 heavy (non-hydrogen) atoms. The van der Waals surface area contributed by atoms with E-state index in [1.807, 2.05) is 13.8 Å². The van der Waals surface area contributed by atoms with Gasteiger partial charge in [0.15, 0.2) is 0 Å². The third kappa shape index (κ3) is 4.63. The normalized spacial score (nSPS) is 13.3. The van der Waals surface area contributed by atoms with Crippen molar-refractivity contribution < 1.29 is 22.7 Å². The molecule has 0 fully saturated rings. The number of anilines is 1. The molecule has 0 saturated carbocycles. The minimum Gasteiger partial charge on any atom is -0.398 e. The van der Waals surface area contributed by atoms with Crippen molar-refractivity contribution in [1.29, 1.82) is 0 Å². The zero-order valence-electron chi connectivity index (χ0n) is 12.1. The molecule has 4 nitrogen and oxygen atoms in total. The highest BCUT2D eigenvalue weighted by Crippen LogP contribution is 2.34. The number of nitrogen functional groups attached to an aromatic ring is 1. The van der Waals surface area contributed by atoms with Crippen LogP contribution in [0.3, 0.4) is 0 Å². The molecule has 1 aromatic rings. The Balaban J connectivity index is 2.98. The van der Waals surface area contributed by atoms with E-state index < -0.39 is 23.3 Å². The molecule has 1 atom stereocenters. The van der Waals surface area contributed by atoms with Crippen molar-refractivity contribution in [3.63, 3.8) is 0 Å². The smallest absolute Gasteiger partial charge is 0.398 e. The molecule has 0 spiro atoms. The minimum atomic E-state index is -4.59. The van der Waals surface area contributed by atoms with Crippen LogP contribution in [0.1, 0.15) is 29.8 Å². The highest BCUT2D eigenvalue weighted by Gasteiger charge is 2.33. The maximum absolute atomic E-state index is 12.8. The second-order valence-electron chi connectivity index (χ2n) is 5.08. The van der Waals surface area contributed by atoms with E-state index in [4.69, 9.17) is 10.5 Å². The first kappa shape index (κ1) is 17.3. The summed E-state index contributed by atoms with van der Waals surface area (Å²) in [7, 11) is 1.49. The van der Waals surface area contributed by atoms with Gasteiger partial charge in [0.1, 0.15) is 0 Å². The molecule has 1 rings (SSSR count). The Labute approximate surface area is 121 Å². The number of carbonyl (C=O) groups is 1. The monoisotopic (exact) mass is 304 g/mol. The number of halogens is 3. The van der Waals surface area contributed by atoms with Gasteiger partial charge in [0.05, 0.1) is 18.2 Å². The van der Waals surface area contributed by atoms with E-state index in [2.05, 4.69) is 5.32 Å². The van der Waals surface area contributed by atoms with Crippen LogP contribution in [0.2, 0.25) is 0 Å². The van der Waals surface area contributed by atoms with E-state index in [1.54, 1.807) is 0 Å². The van der Waals surface area contributed by atoms with Crippen molar-refractivity contribution in [1.82, 2.24) is 5.32 Å². The summed E-state index contributed by atoms with van der Waals surface area (Å²) in [6.45, 7) is 4.05. The first-order chi connectivity index (χ1) is 9.66. The van der Waals surface area contributed by atoms with Gasteiger partial charge < -0.3 is 15.8 Å². The Hall–Kier alpha value is -1.76. The van der Waals surface area contributed by atoms with Gasteiger partial charge in [-0.3, -0.25) is 4.79 Å². The van der Waals surface area contributed by atoms with E-state index in [1.165, 1.54) is 13.2 Å². The molecule has 0 saturated heterocycles. The molecule has 0 bridgehead atoms. The van der Waals surface area contributed by atoms with Crippen LogP contribution in [0.4, 0.5) is 18.9 Å². The molecule has 1 aromatic carbocycles. The van der Waals surface area contributed by atoms with Gasteiger partial charge in [0.25, 0.3) is 5.91 Å². The molecular weight excluding hydrogens is 285 g/mol. The standard InChI is InChI=1S/C14H19F3N2O2/c1-8(2)12(7-21-3)19-13(20)9-4-5-11(18)10(6-9)14(15,16)17/h4-6,8,12H,7,18H2,1-3H3,(H,19,20). The largest absolute Gasteiger partial charge is 0.418 e. The van der Waals surface area contributed by atoms with Crippen molar-refractivity contribution in [2.24, 2.45) is 5.92 Å². The lowest BCUT2D eigenvalue weighted by Gasteiger charge is -2.22. The number of benzene rings is 1. The van der Waals surface area contributed by atoms with Crippen molar-refractivity contribution in [2.45, 2.75) is 26.1 Å².